The normalized spacial score (nSPS) is 12.0. The van der Waals surface area contributed by atoms with Crippen molar-refractivity contribution in [2.24, 2.45) is 0 Å². The van der Waals surface area contributed by atoms with Gasteiger partial charge in [-0.2, -0.15) is 0 Å². The van der Waals surface area contributed by atoms with Gasteiger partial charge in [-0.15, -0.1) is 0 Å². The molecular formula is C19H26N2O2. The van der Waals surface area contributed by atoms with E-state index >= 15 is 0 Å². The van der Waals surface area contributed by atoms with Gasteiger partial charge in [0.25, 0.3) is 0 Å². The fourth-order valence-electron chi connectivity index (χ4n) is 2.59. The Bertz CT molecular complexity index is 611. The minimum Gasteiger partial charge on any atom is -0.497 e. The summed E-state index contributed by atoms with van der Waals surface area (Å²) in [4.78, 5) is 4.41. The summed E-state index contributed by atoms with van der Waals surface area (Å²) in [5, 5.41) is 3.57. The highest BCUT2D eigenvalue weighted by molar-refractivity contribution is 5.28. The lowest BCUT2D eigenvalue weighted by molar-refractivity contribution is 0.396. The van der Waals surface area contributed by atoms with Crippen LogP contribution in [0.25, 0.3) is 0 Å². The average Bonchev–Trinajstić information content (AvgIpc) is 2.57. The molecule has 0 amide bonds. The number of hydrogen-bond donors (Lipinski definition) is 1. The molecule has 23 heavy (non-hydrogen) atoms. The molecule has 0 bridgehead atoms. The van der Waals surface area contributed by atoms with Crippen molar-refractivity contribution < 1.29 is 9.47 Å². The molecule has 124 valence electrons. The predicted molar refractivity (Wildman–Crippen MR) is 93.4 cm³/mol. The molecule has 2 aromatic rings. The van der Waals surface area contributed by atoms with Crippen LogP contribution in [0.5, 0.6) is 11.6 Å². The zero-order valence-electron chi connectivity index (χ0n) is 14.4. The summed E-state index contributed by atoms with van der Waals surface area (Å²) in [7, 11) is 3.33. The van der Waals surface area contributed by atoms with Crippen molar-refractivity contribution in [1.82, 2.24) is 10.3 Å². The number of hydrogen-bond acceptors (Lipinski definition) is 4. The molecule has 0 aliphatic carbocycles. The van der Waals surface area contributed by atoms with Crippen LogP contribution in [0.3, 0.4) is 0 Å². The van der Waals surface area contributed by atoms with E-state index in [2.05, 4.69) is 35.4 Å². The molecule has 2 rings (SSSR count). The summed E-state index contributed by atoms with van der Waals surface area (Å²) < 4.78 is 10.3. The third-order valence-corrected chi connectivity index (χ3v) is 3.97. The van der Waals surface area contributed by atoms with Crippen molar-refractivity contribution in [3.05, 3.63) is 53.2 Å². The Morgan fingerprint density at radius 1 is 1.04 bits per heavy atom. The van der Waals surface area contributed by atoms with E-state index in [1.807, 2.05) is 25.1 Å². The molecule has 1 atom stereocenters. The number of benzene rings is 1. The standard InChI is InChI=1S/C19H26N2O2/c1-14(13-16-5-8-18(22-3)9-6-16)20-12-11-17-7-10-19(23-4)21-15(17)2/h5-10,14,20H,11-13H2,1-4H3/t14-/m1/s1. The number of pyridine rings is 1. The fraction of sp³-hybridized carbons (Fsp3) is 0.421. The maximum atomic E-state index is 5.19. The highest BCUT2D eigenvalue weighted by Crippen LogP contribution is 2.14. The minimum absolute atomic E-state index is 0.426. The van der Waals surface area contributed by atoms with Crippen LogP contribution in [-0.4, -0.2) is 31.8 Å². The average molecular weight is 314 g/mol. The van der Waals surface area contributed by atoms with Gasteiger partial charge in [-0.25, -0.2) is 4.98 Å². The molecule has 0 saturated carbocycles. The first-order chi connectivity index (χ1) is 11.1. The summed E-state index contributed by atoms with van der Waals surface area (Å²) in [6, 6.07) is 12.7. The monoisotopic (exact) mass is 314 g/mol. The van der Waals surface area contributed by atoms with Gasteiger partial charge < -0.3 is 14.8 Å². The lowest BCUT2D eigenvalue weighted by Gasteiger charge is -2.15. The van der Waals surface area contributed by atoms with Crippen molar-refractivity contribution in [2.45, 2.75) is 32.7 Å². The van der Waals surface area contributed by atoms with E-state index in [1.54, 1.807) is 14.2 Å². The first-order valence-corrected chi connectivity index (χ1v) is 7.99. The Kier molecular flexibility index (Phi) is 6.41. The molecule has 0 unspecified atom stereocenters. The zero-order chi connectivity index (χ0) is 16.7. The van der Waals surface area contributed by atoms with Gasteiger partial charge in [0.1, 0.15) is 5.75 Å². The lowest BCUT2D eigenvalue weighted by Crippen LogP contribution is -2.30. The van der Waals surface area contributed by atoms with Crippen LogP contribution in [-0.2, 0) is 12.8 Å². The molecular weight excluding hydrogens is 288 g/mol. The van der Waals surface area contributed by atoms with Gasteiger partial charge in [-0.05, 0) is 56.5 Å². The first kappa shape index (κ1) is 17.3. The lowest BCUT2D eigenvalue weighted by atomic mass is 10.1. The van der Waals surface area contributed by atoms with Crippen molar-refractivity contribution in [3.63, 3.8) is 0 Å². The summed E-state index contributed by atoms with van der Waals surface area (Å²) in [5.74, 6) is 1.57. The highest BCUT2D eigenvalue weighted by Gasteiger charge is 2.05. The molecule has 0 spiro atoms. The second-order valence-electron chi connectivity index (χ2n) is 5.76. The van der Waals surface area contributed by atoms with Crippen LogP contribution in [0, 0.1) is 6.92 Å². The Hall–Kier alpha value is -2.07. The Labute approximate surface area is 138 Å². The van der Waals surface area contributed by atoms with Crippen molar-refractivity contribution in [3.8, 4) is 11.6 Å². The highest BCUT2D eigenvalue weighted by atomic mass is 16.5. The van der Waals surface area contributed by atoms with Crippen LogP contribution in [0.15, 0.2) is 36.4 Å². The maximum absolute atomic E-state index is 5.19. The van der Waals surface area contributed by atoms with Gasteiger partial charge in [0, 0.05) is 17.8 Å². The van der Waals surface area contributed by atoms with Gasteiger partial charge in [-0.3, -0.25) is 0 Å². The number of aromatic nitrogens is 1. The predicted octanol–water partition coefficient (Wildman–Crippen LogP) is 3.17. The Morgan fingerprint density at radius 2 is 1.78 bits per heavy atom. The van der Waals surface area contributed by atoms with Gasteiger partial charge >= 0.3 is 0 Å². The SMILES string of the molecule is COc1ccc(C[C@@H](C)NCCc2ccc(OC)nc2C)cc1. The summed E-state index contributed by atoms with van der Waals surface area (Å²) in [6.07, 6.45) is 1.97. The topological polar surface area (TPSA) is 43.4 Å². The maximum Gasteiger partial charge on any atom is 0.213 e. The number of aryl methyl sites for hydroxylation is 1. The third-order valence-electron chi connectivity index (χ3n) is 3.97. The van der Waals surface area contributed by atoms with Crippen LogP contribution in [0.1, 0.15) is 23.7 Å². The van der Waals surface area contributed by atoms with Gasteiger partial charge in [0.15, 0.2) is 0 Å². The van der Waals surface area contributed by atoms with Crippen molar-refractivity contribution >= 4 is 0 Å². The van der Waals surface area contributed by atoms with Crippen molar-refractivity contribution in [1.29, 1.82) is 0 Å². The molecule has 4 heteroatoms. The van der Waals surface area contributed by atoms with Gasteiger partial charge in [0.05, 0.1) is 14.2 Å². The molecule has 1 heterocycles. The van der Waals surface area contributed by atoms with Crippen LogP contribution >= 0.6 is 0 Å². The van der Waals surface area contributed by atoms with E-state index in [9.17, 15) is 0 Å². The first-order valence-electron chi connectivity index (χ1n) is 7.99. The molecule has 0 saturated heterocycles. The van der Waals surface area contributed by atoms with Crippen LogP contribution in [0.4, 0.5) is 0 Å². The molecule has 1 aromatic heterocycles. The summed E-state index contributed by atoms with van der Waals surface area (Å²) in [6.45, 7) is 5.17. The van der Waals surface area contributed by atoms with Gasteiger partial charge in [-0.1, -0.05) is 18.2 Å². The zero-order valence-corrected chi connectivity index (χ0v) is 14.4. The van der Waals surface area contributed by atoms with E-state index in [4.69, 9.17) is 9.47 Å². The number of rotatable bonds is 8. The van der Waals surface area contributed by atoms with Crippen LogP contribution in [0.2, 0.25) is 0 Å². The van der Waals surface area contributed by atoms with E-state index in [0.717, 1.165) is 30.8 Å². The molecule has 0 radical (unpaired) electrons. The second kappa shape index (κ2) is 8.53. The number of methoxy groups -OCH3 is 2. The van der Waals surface area contributed by atoms with Gasteiger partial charge in [0.2, 0.25) is 5.88 Å². The van der Waals surface area contributed by atoms with E-state index in [1.165, 1.54) is 11.1 Å². The minimum atomic E-state index is 0.426. The second-order valence-corrected chi connectivity index (χ2v) is 5.76. The largest absolute Gasteiger partial charge is 0.497 e. The molecule has 4 nitrogen and oxygen atoms in total. The summed E-state index contributed by atoms with van der Waals surface area (Å²) in [5.41, 5.74) is 3.61. The smallest absolute Gasteiger partial charge is 0.213 e. The molecule has 0 aliphatic rings. The quantitative estimate of drug-likeness (QED) is 0.813. The Morgan fingerprint density at radius 3 is 2.39 bits per heavy atom. The fourth-order valence-corrected chi connectivity index (χ4v) is 2.59. The van der Waals surface area contributed by atoms with Crippen LogP contribution < -0.4 is 14.8 Å². The van der Waals surface area contributed by atoms with Crippen molar-refractivity contribution in [2.75, 3.05) is 20.8 Å². The molecule has 0 fully saturated rings. The molecule has 1 aromatic carbocycles. The van der Waals surface area contributed by atoms with E-state index in [-0.39, 0.29) is 0 Å². The van der Waals surface area contributed by atoms with E-state index in [0.29, 0.717) is 11.9 Å². The third kappa shape index (κ3) is 5.25. The molecule has 1 N–H and O–H groups in total. The number of ether oxygens (including phenoxy) is 2. The number of nitrogens with one attached hydrogen (secondary N) is 1. The summed E-state index contributed by atoms with van der Waals surface area (Å²) >= 11 is 0. The molecule has 0 aliphatic heterocycles. The van der Waals surface area contributed by atoms with E-state index < -0.39 is 0 Å². The number of nitrogens with zero attached hydrogens (tertiary/aromatic N) is 1. The Balaban J connectivity index is 1.78.